The van der Waals surface area contributed by atoms with E-state index in [-0.39, 0.29) is 42.2 Å². The number of imide groups is 1. The number of hydrogen-bond donors (Lipinski definition) is 5. The van der Waals surface area contributed by atoms with Gasteiger partial charge in [0.1, 0.15) is 23.6 Å². The number of carboxylic acid groups (broad SMARTS) is 2. The molecule has 0 aliphatic carbocycles. The highest BCUT2D eigenvalue weighted by Gasteiger charge is 2.39. The summed E-state index contributed by atoms with van der Waals surface area (Å²) in [5.41, 5.74) is 6.93. The number of amidine groups is 1. The van der Waals surface area contributed by atoms with Crippen LogP contribution >= 0.6 is 0 Å². The van der Waals surface area contributed by atoms with Gasteiger partial charge in [0, 0.05) is 19.6 Å². The third-order valence-electron chi connectivity index (χ3n) is 6.63. The van der Waals surface area contributed by atoms with E-state index in [1.807, 2.05) is 0 Å². The average Bonchev–Trinajstić information content (AvgIpc) is 2.93. The van der Waals surface area contributed by atoms with Gasteiger partial charge in [0.15, 0.2) is 0 Å². The molecule has 4 rings (SSSR count). The maximum absolute atomic E-state index is 13.1. The van der Waals surface area contributed by atoms with Crippen LogP contribution in [-0.2, 0) is 16.0 Å². The molecule has 2 aliphatic heterocycles. The van der Waals surface area contributed by atoms with Gasteiger partial charge < -0.3 is 35.8 Å². The number of likely N-dealkylation sites (N-methyl/N-ethyl adjacent to an activating group) is 1. The molecular weight excluding hydrogens is 525 g/mol. The molecule has 2 aliphatic rings. The Kier molecular flexibility index (Phi) is 8.04. The lowest BCUT2D eigenvalue weighted by Crippen LogP contribution is -2.59. The van der Waals surface area contributed by atoms with Crippen molar-refractivity contribution in [3.8, 4) is 5.75 Å². The Balaban J connectivity index is 1.63. The first-order valence-electron chi connectivity index (χ1n) is 12.3. The standard InChI is InChI=1S/C25H26BN5O9/c1-2-30-10-11-31(22(33)21(30)32)25(38)29-18(13-6-8-14(9-7-13)23(34)35)20(27)28-17-12-15-4-3-5-16(24(36)37)19(15)40-26(17)39/h3-9,17-18,39H,2,10-12H2,1H3,(H2,27,28)(H,29,38)(H,34,35)(H,36,37)/t17-,18?/m0/s1. The lowest BCUT2D eigenvalue weighted by molar-refractivity contribution is -0.153. The van der Waals surface area contributed by atoms with Crippen LogP contribution in [0, 0.1) is 0 Å². The molecule has 0 radical (unpaired) electrons. The Labute approximate surface area is 228 Å². The predicted octanol–water partition coefficient (Wildman–Crippen LogP) is -0.0950. The average molecular weight is 551 g/mol. The summed E-state index contributed by atoms with van der Waals surface area (Å²) in [5, 5.41) is 31.8. The molecule has 2 aromatic carbocycles. The Morgan fingerprint density at radius 3 is 2.42 bits per heavy atom. The highest BCUT2D eigenvalue weighted by Crippen LogP contribution is 2.31. The molecule has 4 amide bonds. The minimum atomic E-state index is -1.57. The van der Waals surface area contributed by atoms with Crippen molar-refractivity contribution in [3.63, 3.8) is 0 Å². The molecule has 14 nitrogen and oxygen atoms in total. The number of nitrogens with one attached hydrogen (secondary N) is 1. The van der Waals surface area contributed by atoms with Crippen molar-refractivity contribution in [1.29, 1.82) is 0 Å². The van der Waals surface area contributed by atoms with Crippen molar-refractivity contribution in [1.82, 2.24) is 15.1 Å². The third-order valence-corrected chi connectivity index (χ3v) is 6.63. The SMILES string of the molecule is CCN1CCN(C(=O)NC(/C(N)=N/[C@H]2Cc3cccc(C(=O)O)c3OB2O)c2ccc(C(=O)O)cc2)C(=O)C1=O. The van der Waals surface area contributed by atoms with Crippen LogP contribution in [0.2, 0.25) is 0 Å². The molecule has 6 N–H and O–H groups in total. The molecule has 0 saturated carbocycles. The van der Waals surface area contributed by atoms with E-state index in [2.05, 4.69) is 10.3 Å². The van der Waals surface area contributed by atoms with Gasteiger partial charge in [-0.05, 0) is 42.7 Å². The molecule has 0 spiro atoms. The van der Waals surface area contributed by atoms with Crippen LogP contribution in [0.5, 0.6) is 5.75 Å². The van der Waals surface area contributed by atoms with E-state index in [9.17, 15) is 39.2 Å². The molecule has 208 valence electrons. The second-order valence-corrected chi connectivity index (χ2v) is 9.08. The second-order valence-electron chi connectivity index (χ2n) is 9.08. The van der Waals surface area contributed by atoms with Crippen molar-refractivity contribution >= 4 is 42.7 Å². The number of nitrogens with zero attached hydrogens (tertiary/aromatic N) is 3. The fourth-order valence-electron chi connectivity index (χ4n) is 4.47. The molecule has 0 bridgehead atoms. The molecule has 1 fully saturated rings. The summed E-state index contributed by atoms with van der Waals surface area (Å²) in [6.07, 6.45) is 0.0584. The van der Waals surface area contributed by atoms with Crippen LogP contribution in [0.4, 0.5) is 4.79 Å². The number of hydrogen-bond acceptors (Lipinski definition) is 8. The smallest absolute Gasteiger partial charge is 0.534 e. The fourth-order valence-corrected chi connectivity index (χ4v) is 4.47. The number of piperazine rings is 1. The first-order valence-corrected chi connectivity index (χ1v) is 12.3. The summed E-state index contributed by atoms with van der Waals surface area (Å²) in [6.45, 7) is 2.11. The van der Waals surface area contributed by atoms with Gasteiger partial charge in [-0.25, -0.2) is 14.4 Å². The molecular formula is C25H26BN5O9. The Morgan fingerprint density at radius 1 is 1.10 bits per heavy atom. The normalized spacial score (nSPS) is 18.1. The number of nitrogens with two attached hydrogens (primary N) is 1. The minimum Gasteiger partial charge on any atom is -0.534 e. The van der Waals surface area contributed by atoms with Crippen molar-refractivity contribution in [2.75, 3.05) is 19.6 Å². The largest absolute Gasteiger partial charge is 0.549 e. The summed E-state index contributed by atoms with van der Waals surface area (Å²) in [4.78, 5) is 67.2. The maximum Gasteiger partial charge on any atom is 0.549 e. The van der Waals surface area contributed by atoms with E-state index >= 15 is 0 Å². The van der Waals surface area contributed by atoms with E-state index < -0.39 is 48.9 Å². The number of urea groups is 1. The highest BCUT2D eigenvalue weighted by atomic mass is 16.5. The van der Waals surface area contributed by atoms with Crippen molar-refractivity contribution in [3.05, 3.63) is 64.7 Å². The predicted molar refractivity (Wildman–Crippen MR) is 140 cm³/mol. The zero-order chi connectivity index (χ0) is 29.1. The Hall–Kier alpha value is -4.92. The number of carbonyl (C=O) groups excluding carboxylic acids is 3. The highest BCUT2D eigenvalue weighted by molar-refractivity contribution is 6.47. The van der Waals surface area contributed by atoms with Crippen LogP contribution in [0.1, 0.15) is 44.8 Å². The monoisotopic (exact) mass is 551 g/mol. The number of carboxylic acids is 2. The van der Waals surface area contributed by atoms with Crippen molar-refractivity contribution < 1.29 is 43.9 Å². The van der Waals surface area contributed by atoms with Gasteiger partial charge in [-0.3, -0.25) is 19.5 Å². The maximum atomic E-state index is 13.1. The number of amides is 4. The minimum absolute atomic E-state index is 0.0102. The van der Waals surface area contributed by atoms with Crippen molar-refractivity contribution in [2.24, 2.45) is 10.7 Å². The van der Waals surface area contributed by atoms with Gasteiger partial charge in [-0.1, -0.05) is 24.3 Å². The lowest BCUT2D eigenvalue weighted by Gasteiger charge is -2.33. The number of fused-ring (bicyclic) bond motifs is 1. The zero-order valence-electron chi connectivity index (χ0n) is 21.3. The van der Waals surface area contributed by atoms with E-state index in [1.54, 1.807) is 13.0 Å². The molecule has 2 heterocycles. The van der Waals surface area contributed by atoms with Crippen LogP contribution in [-0.4, -0.2) is 93.4 Å². The van der Waals surface area contributed by atoms with Gasteiger partial charge in [-0.2, -0.15) is 0 Å². The zero-order valence-corrected chi connectivity index (χ0v) is 21.3. The van der Waals surface area contributed by atoms with Gasteiger partial charge >= 0.3 is 36.9 Å². The van der Waals surface area contributed by atoms with Crippen LogP contribution < -0.4 is 15.7 Å². The number of carbonyl (C=O) groups is 5. The van der Waals surface area contributed by atoms with Crippen LogP contribution in [0.25, 0.3) is 0 Å². The summed E-state index contributed by atoms with van der Waals surface area (Å²) in [7, 11) is -1.57. The van der Waals surface area contributed by atoms with Crippen LogP contribution in [0.3, 0.4) is 0 Å². The van der Waals surface area contributed by atoms with E-state index in [0.717, 1.165) is 4.90 Å². The van der Waals surface area contributed by atoms with E-state index in [1.165, 1.54) is 41.3 Å². The summed E-state index contributed by atoms with van der Waals surface area (Å²) < 4.78 is 5.45. The van der Waals surface area contributed by atoms with E-state index in [4.69, 9.17) is 10.4 Å². The first-order chi connectivity index (χ1) is 19.0. The molecule has 1 saturated heterocycles. The quantitative estimate of drug-likeness (QED) is 0.133. The number of aliphatic imine (C=N–C) groups is 1. The summed E-state index contributed by atoms with van der Waals surface area (Å²) in [5.74, 6) is -5.44. The molecule has 2 aromatic rings. The van der Waals surface area contributed by atoms with E-state index in [0.29, 0.717) is 17.7 Å². The summed E-state index contributed by atoms with van der Waals surface area (Å²) >= 11 is 0. The molecule has 0 aromatic heterocycles. The number of aromatic carboxylic acids is 2. The number of rotatable bonds is 7. The summed E-state index contributed by atoms with van der Waals surface area (Å²) in [6, 6.07) is 7.76. The topological polar surface area (TPSA) is 212 Å². The van der Waals surface area contributed by atoms with Gasteiger partial charge in [0.25, 0.3) is 0 Å². The van der Waals surface area contributed by atoms with Crippen molar-refractivity contribution in [2.45, 2.75) is 25.3 Å². The van der Waals surface area contributed by atoms with Gasteiger partial charge in [-0.15, -0.1) is 0 Å². The second kappa shape index (κ2) is 11.4. The van der Waals surface area contributed by atoms with Gasteiger partial charge in [0.05, 0.1) is 11.1 Å². The molecule has 1 unspecified atom stereocenters. The molecule has 15 heteroatoms. The number of benzene rings is 2. The Bertz CT molecular complexity index is 1400. The molecule has 40 heavy (non-hydrogen) atoms. The van der Waals surface area contributed by atoms with Crippen LogP contribution in [0.15, 0.2) is 47.5 Å². The van der Waals surface area contributed by atoms with Gasteiger partial charge in [0.2, 0.25) is 0 Å². The first kappa shape index (κ1) is 28.1. The lowest BCUT2D eigenvalue weighted by atomic mass is 9.72. The number of para-hydroxylation sites is 1. The molecule has 2 atom stereocenters. The third kappa shape index (κ3) is 5.59. The fraction of sp³-hybridized carbons (Fsp3) is 0.280. The Morgan fingerprint density at radius 2 is 1.80 bits per heavy atom.